The van der Waals surface area contributed by atoms with Gasteiger partial charge in [0.05, 0.1) is 11.1 Å². The third-order valence-corrected chi connectivity index (χ3v) is 3.96. The number of hydrogen-bond donors (Lipinski definition) is 2. The molecule has 0 unspecified atom stereocenters. The third-order valence-electron chi connectivity index (χ3n) is 3.74. The van der Waals surface area contributed by atoms with E-state index in [2.05, 4.69) is 10.6 Å². The number of nitrogens with one attached hydrogen (secondary N) is 2. The van der Waals surface area contributed by atoms with Gasteiger partial charge in [-0.25, -0.2) is 0 Å². The molecule has 1 aromatic rings. The Kier molecular flexibility index (Phi) is 7.15. The fourth-order valence-electron chi connectivity index (χ4n) is 2.25. The Bertz CT molecular complexity index is 630. The van der Waals surface area contributed by atoms with Gasteiger partial charge in [-0.1, -0.05) is 20.8 Å². The van der Waals surface area contributed by atoms with E-state index in [-0.39, 0.29) is 28.3 Å². The summed E-state index contributed by atoms with van der Waals surface area (Å²) in [5, 5.41) is 5.36. The average Bonchev–Trinajstić information content (AvgIpc) is 2.42. The first kappa shape index (κ1) is 23.5. The van der Waals surface area contributed by atoms with Crippen molar-refractivity contribution in [1.29, 1.82) is 0 Å². The molecule has 0 fully saturated rings. The van der Waals surface area contributed by atoms with E-state index in [0.29, 0.717) is 18.7 Å². The van der Waals surface area contributed by atoms with Crippen molar-refractivity contribution in [3.63, 3.8) is 0 Å². The highest BCUT2D eigenvalue weighted by Gasteiger charge is 2.37. The van der Waals surface area contributed by atoms with Crippen molar-refractivity contribution in [2.75, 3.05) is 26.0 Å². The molecule has 0 radical (unpaired) electrons. The molecular weight excluding hydrogens is 392 g/mol. The number of thiocarbonyl (C=S) groups is 1. The van der Waals surface area contributed by atoms with Gasteiger partial charge in [0, 0.05) is 18.3 Å². The van der Waals surface area contributed by atoms with Gasteiger partial charge in [-0.15, -0.1) is 0 Å². The molecule has 1 rings (SSSR count). The van der Waals surface area contributed by atoms with Crippen molar-refractivity contribution in [3.05, 3.63) is 29.3 Å². The quantitative estimate of drug-likeness (QED) is 0.535. The molecule has 1 atom stereocenters. The largest absolute Gasteiger partial charge is 0.416 e. The van der Waals surface area contributed by atoms with Crippen molar-refractivity contribution in [1.82, 2.24) is 10.2 Å². The van der Waals surface area contributed by atoms with Crippen LogP contribution in [-0.4, -0.2) is 36.7 Å². The summed E-state index contributed by atoms with van der Waals surface area (Å²) in [6.07, 6.45) is -9.82. The van der Waals surface area contributed by atoms with Gasteiger partial charge in [0.25, 0.3) is 0 Å². The molecular formula is C17H23F6N3S. The third kappa shape index (κ3) is 7.53. The minimum atomic E-state index is -4.91. The molecule has 0 aliphatic carbocycles. The minimum Gasteiger partial charge on any atom is -0.358 e. The summed E-state index contributed by atoms with van der Waals surface area (Å²) < 4.78 is 77.6. The Morgan fingerprint density at radius 1 is 0.963 bits per heavy atom. The molecule has 0 bridgehead atoms. The van der Waals surface area contributed by atoms with Gasteiger partial charge in [-0.2, -0.15) is 26.3 Å². The summed E-state index contributed by atoms with van der Waals surface area (Å²) in [4.78, 5) is 1.90. The van der Waals surface area contributed by atoms with Crippen LogP contribution in [0, 0.1) is 5.41 Å². The van der Waals surface area contributed by atoms with E-state index in [9.17, 15) is 26.3 Å². The van der Waals surface area contributed by atoms with Crippen LogP contribution < -0.4 is 10.6 Å². The van der Waals surface area contributed by atoms with Crippen LogP contribution in [0.2, 0.25) is 0 Å². The lowest BCUT2D eigenvalue weighted by Gasteiger charge is -2.34. The first-order valence-corrected chi connectivity index (χ1v) is 8.42. The van der Waals surface area contributed by atoms with E-state index in [0.717, 1.165) is 0 Å². The molecule has 0 heterocycles. The summed E-state index contributed by atoms with van der Waals surface area (Å²) in [5.41, 5.74) is -3.43. The number of rotatable bonds is 4. The first-order chi connectivity index (χ1) is 12.0. The number of halogens is 6. The molecule has 3 nitrogen and oxygen atoms in total. The maximum absolute atomic E-state index is 12.9. The molecule has 0 saturated carbocycles. The van der Waals surface area contributed by atoms with Crippen LogP contribution in [0.3, 0.4) is 0 Å². The van der Waals surface area contributed by atoms with Gasteiger partial charge in [0.15, 0.2) is 5.11 Å². The lowest BCUT2D eigenvalue weighted by atomic mass is 9.86. The maximum Gasteiger partial charge on any atom is 0.416 e. The average molecular weight is 415 g/mol. The smallest absolute Gasteiger partial charge is 0.358 e. The van der Waals surface area contributed by atoms with Crippen LogP contribution in [0.4, 0.5) is 32.0 Å². The van der Waals surface area contributed by atoms with Gasteiger partial charge < -0.3 is 15.5 Å². The van der Waals surface area contributed by atoms with Crippen molar-refractivity contribution in [2.45, 2.75) is 39.2 Å². The molecule has 154 valence electrons. The van der Waals surface area contributed by atoms with Crippen LogP contribution in [0.25, 0.3) is 0 Å². The number of alkyl halides is 6. The highest BCUT2D eigenvalue weighted by atomic mass is 32.1. The maximum atomic E-state index is 12.9. The molecule has 0 aliphatic heterocycles. The SMILES string of the molecule is CN(C)C[C@H](NC(=S)Nc1cc(C(F)(F)F)cc(C(F)(F)F)c1)C(C)(C)C. The summed E-state index contributed by atoms with van der Waals surface area (Å²) in [5.74, 6) is 0. The van der Waals surface area contributed by atoms with Gasteiger partial charge in [-0.05, 0) is 49.9 Å². The highest BCUT2D eigenvalue weighted by Crippen LogP contribution is 2.37. The molecule has 10 heteroatoms. The molecule has 27 heavy (non-hydrogen) atoms. The van der Waals surface area contributed by atoms with Crippen LogP contribution in [-0.2, 0) is 12.4 Å². The minimum absolute atomic E-state index is 0.0516. The van der Waals surface area contributed by atoms with E-state index < -0.39 is 23.5 Å². The molecule has 2 N–H and O–H groups in total. The number of anilines is 1. The predicted octanol–water partition coefficient (Wildman–Crippen LogP) is 4.99. The van der Waals surface area contributed by atoms with E-state index >= 15 is 0 Å². The lowest BCUT2D eigenvalue weighted by molar-refractivity contribution is -0.143. The summed E-state index contributed by atoms with van der Waals surface area (Å²) >= 11 is 5.10. The Balaban J connectivity index is 3.10. The Labute approximate surface area is 160 Å². The van der Waals surface area contributed by atoms with Crippen LogP contribution >= 0.6 is 12.2 Å². The van der Waals surface area contributed by atoms with Crippen LogP contribution in [0.15, 0.2) is 18.2 Å². The van der Waals surface area contributed by atoms with E-state index in [4.69, 9.17) is 12.2 Å². The predicted molar refractivity (Wildman–Crippen MR) is 97.6 cm³/mol. The van der Waals surface area contributed by atoms with Gasteiger partial charge in [-0.3, -0.25) is 0 Å². The molecule has 0 aromatic heterocycles. The molecule has 0 saturated heterocycles. The second-order valence-corrected chi connectivity index (χ2v) is 7.98. The van der Waals surface area contributed by atoms with E-state index in [1.54, 1.807) is 0 Å². The van der Waals surface area contributed by atoms with Crippen molar-refractivity contribution >= 4 is 23.0 Å². The monoisotopic (exact) mass is 415 g/mol. The number of nitrogens with zero attached hydrogens (tertiary/aromatic N) is 1. The fraction of sp³-hybridized carbons (Fsp3) is 0.588. The normalized spacial score (nSPS) is 14.2. The fourth-order valence-corrected chi connectivity index (χ4v) is 2.51. The van der Waals surface area contributed by atoms with E-state index in [1.807, 2.05) is 39.8 Å². The van der Waals surface area contributed by atoms with Crippen LogP contribution in [0.1, 0.15) is 31.9 Å². The van der Waals surface area contributed by atoms with Crippen molar-refractivity contribution < 1.29 is 26.3 Å². The zero-order chi connectivity index (χ0) is 21.2. The molecule has 0 spiro atoms. The highest BCUT2D eigenvalue weighted by molar-refractivity contribution is 7.80. The molecule has 0 amide bonds. The van der Waals surface area contributed by atoms with Gasteiger partial charge >= 0.3 is 12.4 Å². The Morgan fingerprint density at radius 3 is 1.74 bits per heavy atom. The van der Waals surface area contributed by atoms with Crippen molar-refractivity contribution in [3.8, 4) is 0 Å². The molecule has 0 aliphatic rings. The summed E-state index contributed by atoms with van der Waals surface area (Å²) in [7, 11) is 3.69. The van der Waals surface area contributed by atoms with Crippen LogP contribution in [0.5, 0.6) is 0 Å². The molecule has 1 aromatic carbocycles. The zero-order valence-electron chi connectivity index (χ0n) is 15.6. The number of likely N-dealkylation sites (N-methyl/N-ethyl adjacent to an activating group) is 1. The second kappa shape index (κ2) is 8.22. The van der Waals surface area contributed by atoms with Gasteiger partial charge in [0.2, 0.25) is 0 Å². The van der Waals surface area contributed by atoms with E-state index in [1.165, 1.54) is 0 Å². The Hall–Kier alpha value is -1.55. The Morgan fingerprint density at radius 2 is 1.41 bits per heavy atom. The summed E-state index contributed by atoms with van der Waals surface area (Å²) in [6, 6.07) is 1.09. The first-order valence-electron chi connectivity index (χ1n) is 8.02. The lowest BCUT2D eigenvalue weighted by Crippen LogP contribution is -2.50. The zero-order valence-corrected chi connectivity index (χ0v) is 16.5. The van der Waals surface area contributed by atoms with Crippen molar-refractivity contribution in [2.24, 2.45) is 5.41 Å². The van der Waals surface area contributed by atoms with Gasteiger partial charge in [0.1, 0.15) is 0 Å². The standard InChI is InChI=1S/C17H23F6N3S/c1-15(2,3)13(9-26(4)5)25-14(27)24-12-7-10(16(18,19)20)6-11(8-12)17(21,22)23/h6-8,13H,9H2,1-5H3,(H2,24,25,27)/t13-/m0/s1. The topological polar surface area (TPSA) is 27.3 Å². The second-order valence-electron chi connectivity index (χ2n) is 7.57. The number of benzene rings is 1. The number of hydrogen-bond acceptors (Lipinski definition) is 2. The summed E-state index contributed by atoms with van der Waals surface area (Å²) in [6.45, 7) is 6.41.